The van der Waals surface area contributed by atoms with Gasteiger partial charge in [0.25, 0.3) is 0 Å². The Morgan fingerprint density at radius 2 is 1.62 bits per heavy atom. The van der Waals surface area contributed by atoms with Gasteiger partial charge in [-0.1, -0.05) is 24.3 Å². The van der Waals surface area contributed by atoms with Gasteiger partial charge >= 0.3 is 0 Å². The summed E-state index contributed by atoms with van der Waals surface area (Å²) in [5.41, 5.74) is 0.769. The van der Waals surface area contributed by atoms with E-state index in [0.717, 1.165) is 5.66 Å². The highest BCUT2D eigenvalue weighted by atomic mass is 31.1. The molecule has 0 aromatic carbocycles. The average Bonchev–Trinajstić information content (AvgIpc) is 2.12. The smallest absolute Gasteiger partial charge is 0.0151 e. The Morgan fingerprint density at radius 3 is 1.88 bits per heavy atom. The third-order valence-electron chi connectivity index (χ3n) is 1.32. The molecule has 1 aliphatic rings. The third-order valence-corrected chi connectivity index (χ3v) is 2.86. The molecule has 0 bridgehead atoms. The van der Waals surface area contributed by atoms with Gasteiger partial charge in [-0.15, -0.1) is 7.92 Å². The van der Waals surface area contributed by atoms with E-state index in [1.165, 1.54) is 0 Å². The van der Waals surface area contributed by atoms with Crippen molar-refractivity contribution >= 4 is 7.92 Å². The van der Waals surface area contributed by atoms with Crippen molar-refractivity contribution in [1.29, 1.82) is 0 Å². The highest BCUT2D eigenvalue weighted by Gasteiger charge is 2.05. The topological polar surface area (TPSA) is 0 Å². The molecule has 1 rings (SSSR count). The molecule has 0 aromatic heterocycles. The molecule has 0 amide bonds. The second-order valence-electron chi connectivity index (χ2n) is 2.22. The molecule has 44 valence electrons. The van der Waals surface area contributed by atoms with Crippen LogP contribution < -0.4 is 0 Å². The molecule has 0 N–H and O–H groups in total. The van der Waals surface area contributed by atoms with Gasteiger partial charge in [-0.25, -0.2) is 0 Å². The van der Waals surface area contributed by atoms with E-state index in [1.54, 1.807) is 0 Å². The van der Waals surface area contributed by atoms with Crippen LogP contribution in [0.3, 0.4) is 0 Å². The molecule has 0 unspecified atom stereocenters. The molecule has 0 radical (unpaired) electrons. The molecule has 0 saturated heterocycles. The molecule has 0 heterocycles. The zero-order valence-electron chi connectivity index (χ0n) is 5.33. The zero-order chi connectivity index (χ0) is 5.98. The molecule has 0 atom stereocenters. The fraction of sp³-hybridized carbons (Fsp3) is 0.429. The van der Waals surface area contributed by atoms with E-state index >= 15 is 0 Å². The van der Waals surface area contributed by atoms with Crippen molar-refractivity contribution in [2.45, 2.75) is 5.66 Å². The number of rotatable bonds is 1. The lowest BCUT2D eigenvalue weighted by atomic mass is 10.5. The van der Waals surface area contributed by atoms with Gasteiger partial charge in [0.2, 0.25) is 0 Å². The van der Waals surface area contributed by atoms with Gasteiger partial charge in [-0.3, -0.25) is 0 Å². The molecular formula is C7H11P. The van der Waals surface area contributed by atoms with Crippen LogP contribution in [0.2, 0.25) is 0 Å². The van der Waals surface area contributed by atoms with Crippen molar-refractivity contribution in [2.75, 3.05) is 13.3 Å². The summed E-state index contributed by atoms with van der Waals surface area (Å²) in [5, 5.41) is 0. The fourth-order valence-corrected chi connectivity index (χ4v) is 1.65. The molecule has 0 aromatic rings. The Kier molecular flexibility index (Phi) is 1.85. The summed E-state index contributed by atoms with van der Waals surface area (Å²) in [6.07, 6.45) is 8.80. The Hall–Kier alpha value is -0.0900. The molecule has 0 spiro atoms. The standard InChI is InChI=1S/C7H11P/c1-8(2)7-5-3-4-6-7/h3-7H,1-2H3. The monoisotopic (exact) mass is 126 g/mol. The minimum atomic E-state index is 0.225. The molecule has 8 heavy (non-hydrogen) atoms. The van der Waals surface area contributed by atoms with Gasteiger partial charge in [0, 0.05) is 5.66 Å². The first-order valence-corrected chi connectivity index (χ1v) is 5.12. The van der Waals surface area contributed by atoms with Gasteiger partial charge in [0.15, 0.2) is 0 Å². The lowest BCUT2D eigenvalue weighted by molar-refractivity contribution is 1.44. The number of hydrogen-bond acceptors (Lipinski definition) is 0. The Morgan fingerprint density at radius 1 is 1.12 bits per heavy atom. The fourth-order valence-electron chi connectivity index (χ4n) is 0.764. The van der Waals surface area contributed by atoms with Gasteiger partial charge < -0.3 is 0 Å². The van der Waals surface area contributed by atoms with Crippen molar-refractivity contribution in [2.24, 2.45) is 0 Å². The lowest BCUT2D eigenvalue weighted by Crippen LogP contribution is -1.90. The van der Waals surface area contributed by atoms with Gasteiger partial charge in [0.05, 0.1) is 0 Å². The maximum atomic E-state index is 2.31. The Bertz CT molecular complexity index is 110. The van der Waals surface area contributed by atoms with Crippen LogP contribution in [-0.2, 0) is 0 Å². The maximum Gasteiger partial charge on any atom is 0.0151 e. The summed E-state index contributed by atoms with van der Waals surface area (Å²) >= 11 is 0. The normalized spacial score (nSPS) is 18.9. The van der Waals surface area contributed by atoms with Crippen LogP contribution in [0.1, 0.15) is 0 Å². The van der Waals surface area contributed by atoms with Gasteiger partial charge in [-0.05, 0) is 13.3 Å². The van der Waals surface area contributed by atoms with E-state index in [1.807, 2.05) is 0 Å². The predicted molar refractivity (Wildman–Crippen MR) is 40.8 cm³/mol. The maximum absolute atomic E-state index is 2.31. The van der Waals surface area contributed by atoms with E-state index in [4.69, 9.17) is 0 Å². The van der Waals surface area contributed by atoms with Crippen molar-refractivity contribution < 1.29 is 0 Å². The van der Waals surface area contributed by atoms with E-state index in [2.05, 4.69) is 37.6 Å². The third kappa shape index (κ3) is 1.20. The summed E-state index contributed by atoms with van der Waals surface area (Å²) in [4.78, 5) is 0. The minimum Gasteiger partial charge on any atom is -0.102 e. The lowest BCUT2D eigenvalue weighted by Gasteiger charge is -2.08. The predicted octanol–water partition coefficient (Wildman–Crippen LogP) is 2.22. The van der Waals surface area contributed by atoms with Crippen molar-refractivity contribution in [3.8, 4) is 0 Å². The second-order valence-corrected chi connectivity index (χ2v) is 4.75. The Labute approximate surface area is 52.0 Å². The SMILES string of the molecule is CP(C)C1C=CC=C1. The molecular weight excluding hydrogens is 115 g/mol. The quantitative estimate of drug-likeness (QED) is 0.472. The molecule has 0 fully saturated rings. The molecule has 1 aliphatic carbocycles. The first-order valence-electron chi connectivity index (χ1n) is 2.82. The van der Waals surface area contributed by atoms with Crippen LogP contribution in [0, 0.1) is 0 Å². The highest BCUT2D eigenvalue weighted by molar-refractivity contribution is 7.57. The average molecular weight is 126 g/mol. The minimum absolute atomic E-state index is 0.225. The van der Waals surface area contributed by atoms with Crippen LogP contribution in [-0.4, -0.2) is 19.0 Å². The first kappa shape index (κ1) is 6.04. The Balaban J connectivity index is 2.49. The molecule has 0 saturated carbocycles. The van der Waals surface area contributed by atoms with Crippen LogP contribution in [0.4, 0.5) is 0 Å². The molecule has 0 aliphatic heterocycles. The summed E-state index contributed by atoms with van der Waals surface area (Å²) < 4.78 is 0. The van der Waals surface area contributed by atoms with E-state index in [0.29, 0.717) is 0 Å². The summed E-state index contributed by atoms with van der Waals surface area (Å²) in [6, 6.07) is 0. The van der Waals surface area contributed by atoms with E-state index in [-0.39, 0.29) is 7.92 Å². The van der Waals surface area contributed by atoms with E-state index in [9.17, 15) is 0 Å². The van der Waals surface area contributed by atoms with Crippen LogP contribution in [0.5, 0.6) is 0 Å². The van der Waals surface area contributed by atoms with Gasteiger partial charge in [-0.2, -0.15) is 0 Å². The van der Waals surface area contributed by atoms with Crippen LogP contribution in [0.25, 0.3) is 0 Å². The highest BCUT2D eigenvalue weighted by Crippen LogP contribution is 2.35. The van der Waals surface area contributed by atoms with Crippen molar-refractivity contribution in [1.82, 2.24) is 0 Å². The second kappa shape index (κ2) is 2.46. The number of hydrogen-bond donors (Lipinski definition) is 0. The van der Waals surface area contributed by atoms with Crippen molar-refractivity contribution in [3.63, 3.8) is 0 Å². The molecule has 0 nitrogen and oxygen atoms in total. The first-order chi connectivity index (χ1) is 3.80. The van der Waals surface area contributed by atoms with Crippen molar-refractivity contribution in [3.05, 3.63) is 24.3 Å². The van der Waals surface area contributed by atoms with E-state index < -0.39 is 0 Å². The van der Waals surface area contributed by atoms with Crippen LogP contribution in [0.15, 0.2) is 24.3 Å². The summed E-state index contributed by atoms with van der Waals surface area (Å²) in [6.45, 7) is 4.61. The van der Waals surface area contributed by atoms with Gasteiger partial charge in [0.1, 0.15) is 0 Å². The molecule has 1 heteroatoms. The number of allylic oxidation sites excluding steroid dienone is 4. The summed E-state index contributed by atoms with van der Waals surface area (Å²) in [7, 11) is 0.225. The zero-order valence-corrected chi connectivity index (χ0v) is 6.23. The van der Waals surface area contributed by atoms with Crippen LogP contribution >= 0.6 is 7.92 Å². The largest absolute Gasteiger partial charge is 0.102 e. The summed E-state index contributed by atoms with van der Waals surface area (Å²) in [5.74, 6) is 0.